The van der Waals surface area contributed by atoms with Gasteiger partial charge in [0.15, 0.2) is 0 Å². The van der Waals surface area contributed by atoms with Gasteiger partial charge in [-0.05, 0) is 60.9 Å². The molecule has 5 N–H and O–H groups in total. The number of carbonyl (C=O) groups is 2. The smallest absolute Gasteiger partial charge is 0.255 e. The Morgan fingerprint density at radius 3 is 2.75 bits per heavy atom. The number of fused-ring (bicyclic) bond motifs is 1. The van der Waals surface area contributed by atoms with Crippen LogP contribution in [0.15, 0.2) is 71.5 Å². The molecular weight excluding hydrogens is 458 g/mol. The predicted molar refractivity (Wildman–Crippen MR) is 138 cm³/mol. The molecule has 1 aliphatic rings. The minimum atomic E-state index is -0.630. The van der Waals surface area contributed by atoms with Gasteiger partial charge in [-0.3, -0.25) is 9.59 Å². The van der Waals surface area contributed by atoms with Crippen LogP contribution in [0.4, 0.5) is 5.69 Å². The number of hydrogen-bond acceptors (Lipinski definition) is 6. The molecule has 3 aromatic carbocycles. The molecule has 9 nitrogen and oxygen atoms in total. The molecule has 0 spiro atoms. The van der Waals surface area contributed by atoms with E-state index in [9.17, 15) is 14.7 Å². The molecule has 4 aromatic rings. The summed E-state index contributed by atoms with van der Waals surface area (Å²) in [5.74, 6) is 0.0483. The number of aromatic nitrogens is 2. The third kappa shape index (κ3) is 4.29. The van der Waals surface area contributed by atoms with E-state index >= 15 is 0 Å². The zero-order valence-electron chi connectivity index (χ0n) is 19.4. The fraction of sp³-hybridized carbons (Fsp3) is 0.111. The normalized spacial score (nSPS) is 13.1. The first-order valence-corrected chi connectivity index (χ1v) is 11.3. The highest BCUT2D eigenvalue weighted by Gasteiger charge is 2.18. The lowest BCUT2D eigenvalue weighted by atomic mass is 9.98. The van der Waals surface area contributed by atoms with Crippen LogP contribution >= 0.6 is 0 Å². The number of benzene rings is 3. The Hall–Kier alpha value is -4.92. The Morgan fingerprint density at radius 1 is 1.11 bits per heavy atom. The highest BCUT2D eigenvalue weighted by Crippen LogP contribution is 2.35. The van der Waals surface area contributed by atoms with E-state index in [-0.39, 0.29) is 11.3 Å². The lowest BCUT2D eigenvalue weighted by Gasteiger charge is -2.15. The number of nitrogens with two attached hydrogens (primary N) is 1. The molecule has 0 fully saturated rings. The van der Waals surface area contributed by atoms with E-state index in [1.54, 1.807) is 55.6 Å². The van der Waals surface area contributed by atoms with E-state index < -0.39 is 11.8 Å². The van der Waals surface area contributed by atoms with Crippen molar-refractivity contribution in [2.45, 2.75) is 12.8 Å². The predicted octanol–water partition coefficient (Wildman–Crippen LogP) is 4.47. The first kappa shape index (κ1) is 22.9. The summed E-state index contributed by atoms with van der Waals surface area (Å²) in [4.78, 5) is 36.7. The molecule has 0 saturated carbocycles. The number of phenols is 1. The molecule has 9 heteroatoms. The molecule has 0 radical (unpaired) electrons. The maximum atomic E-state index is 12.9. The van der Waals surface area contributed by atoms with Crippen molar-refractivity contribution in [3.8, 4) is 17.1 Å². The summed E-state index contributed by atoms with van der Waals surface area (Å²) >= 11 is 0. The molecule has 1 aliphatic heterocycles. The number of aliphatic imine (C=N–C) groups is 1. The van der Waals surface area contributed by atoms with Crippen molar-refractivity contribution in [2.75, 3.05) is 12.4 Å². The Bertz CT molecular complexity index is 1570. The third-order valence-corrected chi connectivity index (χ3v) is 5.97. The number of para-hydroxylation sites is 1. The highest BCUT2D eigenvalue weighted by atomic mass is 16.5. The summed E-state index contributed by atoms with van der Waals surface area (Å²) in [5.41, 5.74) is 9.92. The quantitative estimate of drug-likeness (QED) is 0.321. The number of aromatic amines is 1. The topological polar surface area (TPSA) is 143 Å². The van der Waals surface area contributed by atoms with E-state index in [2.05, 4.69) is 20.3 Å². The maximum Gasteiger partial charge on any atom is 0.255 e. The van der Waals surface area contributed by atoms with Gasteiger partial charge in [0.2, 0.25) is 5.88 Å². The summed E-state index contributed by atoms with van der Waals surface area (Å²) < 4.78 is 5.41. The van der Waals surface area contributed by atoms with Gasteiger partial charge in [0.1, 0.15) is 11.6 Å². The van der Waals surface area contributed by atoms with Crippen LogP contribution in [0.2, 0.25) is 0 Å². The van der Waals surface area contributed by atoms with Crippen LogP contribution in [-0.2, 0) is 4.74 Å². The molecule has 2 heterocycles. The van der Waals surface area contributed by atoms with Crippen molar-refractivity contribution in [3.05, 3.63) is 83.2 Å². The van der Waals surface area contributed by atoms with Gasteiger partial charge < -0.3 is 25.9 Å². The average molecular weight is 482 g/mol. The Labute approximate surface area is 206 Å². The Morgan fingerprint density at radius 2 is 1.94 bits per heavy atom. The van der Waals surface area contributed by atoms with Gasteiger partial charge in [0.05, 0.1) is 35.0 Å². The number of amides is 2. The van der Waals surface area contributed by atoms with Gasteiger partial charge >= 0.3 is 0 Å². The van der Waals surface area contributed by atoms with Crippen molar-refractivity contribution in [1.29, 1.82) is 0 Å². The molecular formula is C27H23N5O4. The number of H-pyrrole nitrogens is 1. The number of aromatic hydroxyl groups is 1. The second-order valence-corrected chi connectivity index (χ2v) is 8.25. The van der Waals surface area contributed by atoms with Crippen molar-refractivity contribution in [3.63, 3.8) is 0 Å². The van der Waals surface area contributed by atoms with E-state index in [0.717, 1.165) is 24.0 Å². The van der Waals surface area contributed by atoms with Crippen LogP contribution in [-0.4, -0.2) is 40.2 Å². The largest absolute Gasteiger partial charge is 0.507 e. The molecule has 0 aliphatic carbocycles. The molecule has 5 rings (SSSR count). The molecule has 0 unspecified atom stereocenters. The van der Waals surface area contributed by atoms with Gasteiger partial charge in [0.25, 0.3) is 11.8 Å². The summed E-state index contributed by atoms with van der Waals surface area (Å²) in [6, 6.07) is 16.8. The van der Waals surface area contributed by atoms with Crippen molar-refractivity contribution in [1.82, 2.24) is 9.97 Å². The van der Waals surface area contributed by atoms with E-state index in [1.165, 1.54) is 0 Å². The lowest BCUT2D eigenvalue weighted by molar-refractivity contribution is 0.100. The first-order chi connectivity index (χ1) is 17.4. The molecule has 0 bridgehead atoms. The standard InChI is InChI=1S/C27H23N5O4/c1-36-27-17(6-4-12-29-27)15-9-11-23(33)19(13-15)25-30-21-10-8-16(14-22(21)31-25)26(35)32-20-7-3-2-5-18(20)24(28)34/h2-3,5,7-14,33H,4,6H2,1H3,(H2,28,34)(H,30,31)(H,32,35). The number of allylic oxidation sites excluding steroid dienone is 1. The molecule has 1 aromatic heterocycles. The SMILES string of the molecule is COC1=C(c2ccc(O)c(-c3nc4ccc(C(=O)Nc5ccccc5C(N)=O)cc4[nH]3)c2)CCC=N1. The minimum Gasteiger partial charge on any atom is -0.507 e. The number of nitrogens with one attached hydrogen (secondary N) is 2. The maximum absolute atomic E-state index is 12.9. The minimum absolute atomic E-state index is 0.0673. The monoisotopic (exact) mass is 481 g/mol. The summed E-state index contributed by atoms with van der Waals surface area (Å²) in [6.07, 6.45) is 3.40. The highest BCUT2D eigenvalue weighted by molar-refractivity contribution is 6.09. The van der Waals surface area contributed by atoms with E-state index in [1.807, 2.05) is 18.3 Å². The van der Waals surface area contributed by atoms with Crippen molar-refractivity contribution in [2.24, 2.45) is 10.7 Å². The van der Waals surface area contributed by atoms with Crippen LogP contribution in [0.5, 0.6) is 5.75 Å². The first-order valence-electron chi connectivity index (χ1n) is 11.3. The van der Waals surface area contributed by atoms with Gasteiger partial charge in [0, 0.05) is 17.4 Å². The number of carbonyl (C=O) groups excluding carboxylic acids is 2. The second-order valence-electron chi connectivity index (χ2n) is 8.25. The van der Waals surface area contributed by atoms with Crippen molar-refractivity contribution >= 4 is 40.3 Å². The number of methoxy groups -OCH3 is 1. The van der Waals surface area contributed by atoms with Gasteiger partial charge in [-0.2, -0.15) is 0 Å². The number of imidazole rings is 1. The zero-order valence-corrected chi connectivity index (χ0v) is 19.4. The fourth-order valence-corrected chi connectivity index (χ4v) is 4.18. The molecule has 2 amide bonds. The van der Waals surface area contributed by atoms with Crippen LogP contribution < -0.4 is 11.1 Å². The van der Waals surface area contributed by atoms with Gasteiger partial charge in [-0.15, -0.1) is 0 Å². The van der Waals surface area contributed by atoms with Crippen LogP contribution in [0.25, 0.3) is 28.0 Å². The molecule has 0 atom stereocenters. The number of hydrogen-bond donors (Lipinski definition) is 4. The van der Waals surface area contributed by atoms with Crippen LogP contribution in [0.3, 0.4) is 0 Å². The molecule has 0 saturated heterocycles. The fourth-order valence-electron chi connectivity index (χ4n) is 4.18. The number of phenolic OH excluding ortho intramolecular Hbond substituents is 1. The number of ether oxygens (including phenoxy) is 1. The molecule has 180 valence electrons. The van der Waals surface area contributed by atoms with E-state index in [4.69, 9.17) is 10.5 Å². The number of anilines is 1. The summed E-state index contributed by atoms with van der Waals surface area (Å²) in [7, 11) is 1.58. The second kappa shape index (κ2) is 9.38. The number of rotatable bonds is 6. The number of primary amides is 1. The lowest BCUT2D eigenvalue weighted by Crippen LogP contribution is -2.18. The van der Waals surface area contributed by atoms with E-state index in [0.29, 0.717) is 39.6 Å². The van der Waals surface area contributed by atoms with Gasteiger partial charge in [-0.1, -0.05) is 18.2 Å². The van der Waals surface area contributed by atoms with Crippen LogP contribution in [0.1, 0.15) is 39.1 Å². The van der Waals surface area contributed by atoms with Crippen LogP contribution in [0, 0.1) is 0 Å². The number of nitrogens with zero attached hydrogens (tertiary/aromatic N) is 2. The Kier molecular flexibility index (Phi) is 5.95. The van der Waals surface area contributed by atoms with Crippen molar-refractivity contribution < 1.29 is 19.4 Å². The molecule has 36 heavy (non-hydrogen) atoms. The summed E-state index contributed by atoms with van der Waals surface area (Å²) in [5, 5.41) is 13.3. The van der Waals surface area contributed by atoms with Gasteiger partial charge in [-0.25, -0.2) is 9.98 Å². The Balaban J connectivity index is 1.47. The average Bonchev–Trinajstić information content (AvgIpc) is 3.32. The zero-order chi connectivity index (χ0) is 25.2. The third-order valence-electron chi connectivity index (χ3n) is 5.97. The summed E-state index contributed by atoms with van der Waals surface area (Å²) in [6.45, 7) is 0.